The van der Waals surface area contributed by atoms with Crippen LogP contribution in [0.3, 0.4) is 0 Å². The van der Waals surface area contributed by atoms with Gasteiger partial charge >= 0.3 is 12.1 Å². The second-order valence-corrected chi connectivity index (χ2v) is 15.7. The third-order valence-electron chi connectivity index (χ3n) is 8.94. The van der Waals surface area contributed by atoms with Gasteiger partial charge in [0.15, 0.2) is 0 Å². The Kier molecular flexibility index (Phi) is 18.1. The number of nitrogens with zero attached hydrogens (tertiary/aromatic N) is 4. The molecule has 0 saturated carbocycles. The Morgan fingerprint density at radius 2 is 1.55 bits per heavy atom. The minimum atomic E-state index is -0.967. The number of likely N-dealkylation sites (N-methyl/N-ethyl adjacent to an activating group) is 1. The summed E-state index contributed by atoms with van der Waals surface area (Å²) in [5, 5.41) is 29.1. The minimum absolute atomic E-state index is 0.113. The molecule has 4 aromatic rings. The van der Waals surface area contributed by atoms with E-state index in [1.807, 2.05) is 66.0 Å². The molecule has 4 rings (SSSR count). The van der Waals surface area contributed by atoms with Gasteiger partial charge in [-0.2, -0.15) is 0 Å². The molecule has 2 aromatic carbocycles. The van der Waals surface area contributed by atoms with Gasteiger partial charge in [0.25, 0.3) is 0 Å². The van der Waals surface area contributed by atoms with Crippen LogP contribution >= 0.6 is 22.7 Å². The Morgan fingerprint density at radius 3 is 2.11 bits per heavy atom. The zero-order valence-corrected chi connectivity index (χ0v) is 33.9. The molecule has 15 nitrogen and oxygen atoms in total. The van der Waals surface area contributed by atoms with Gasteiger partial charge in [-0.05, 0) is 56.8 Å². The fourth-order valence-corrected chi connectivity index (χ4v) is 7.25. The van der Waals surface area contributed by atoms with Gasteiger partial charge in [-0.25, -0.2) is 14.6 Å². The number of benzene rings is 2. The van der Waals surface area contributed by atoms with Gasteiger partial charge in [-0.3, -0.25) is 30.5 Å². The lowest BCUT2D eigenvalue weighted by Crippen LogP contribution is -2.54. The van der Waals surface area contributed by atoms with Crippen molar-refractivity contribution in [3.8, 4) is 0 Å². The Morgan fingerprint density at radius 1 is 0.911 bits per heavy atom. The van der Waals surface area contributed by atoms with E-state index in [4.69, 9.17) is 4.74 Å². The summed E-state index contributed by atoms with van der Waals surface area (Å²) in [6, 6.07) is 17.5. The van der Waals surface area contributed by atoms with E-state index in [0.717, 1.165) is 26.7 Å². The Balaban J connectivity index is 1.49. The van der Waals surface area contributed by atoms with E-state index in [1.165, 1.54) is 16.2 Å². The molecule has 17 heteroatoms. The first kappa shape index (κ1) is 43.8. The molecule has 4 atom stereocenters. The first-order valence-corrected chi connectivity index (χ1v) is 20.4. The molecule has 0 fully saturated rings. The molecule has 0 bridgehead atoms. The van der Waals surface area contributed by atoms with Crippen LogP contribution < -0.4 is 26.6 Å². The summed E-state index contributed by atoms with van der Waals surface area (Å²) in [6.07, 6.45) is 2.73. The molecule has 4 amide bonds. The maximum Gasteiger partial charge on any atom is 0.407 e. The zero-order valence-electron chi connectivity index (χ0n) is 32.3. The van der Waals surface area contributed by atoms with E-state index < -0.39 is 35.2 Å². The van der Waals surface area contributed by atoms with Crippen LogP contribution in [-0.4, -0.2) is 89.3 Å². The number of aromatic nitrogens is 2. The summed E-state index contributed by atoms with van der Waals surface area (Å²) >= 11 is 2.95. The maximum absolute atomic E-state index is 14.2. The molecule has 0 radical (unpaired) electrons. The summed E-state index contributed by atoms with van der Waals surface area (Å²) < 4.78 is 5.50. The number of rotatable bonds is 23. The quantitative estimate of drug-likeness (QED) is 0.0384. The Hall–Kier alpha value is -4.97. The molecule has 2 heterocycles. The average Bonchev–Trinajstić information content (AvgIpc) is 3.89. The Bertz CT molecular complexity index is 1780. The first-order chi connectivity index (χ1) is 27.0. The fourth-order valence-electron chi connectivity index (χ4n) is 5.92. The minimum Gasteiger partial charge on any atom is -0.444 e. The van der Waals surface area contributed by atoms with Crippen LogP contribution in [0, 0.1) is 10.1 Å². The van der Waals surface area contributed by atoms with Gasteiger partial charge in [-0.15, -0.1) is 22.7 Å². The van der Waals surface area contributed by atoms with Gasteiger partial charge < -0.3 is 25.6 Å². The monoisotopic (exact) mass is 807 g/mol. The highest BCUT2D eigenvalue weighted by Gasteiger charge is 2.27. The van der Waals surface area contributed by atoms with Crippen molar-refractivity contribution in [3.63, 3.8) is 0 Å². The van der Waals surface area contributed by atoms with E-state index in [0.29, 0.717) is 25.7 Å². The van der Waals surface area contributed by atoms with Crippen LogP contribution in [0.1, 0.15) is 65.7 Å². The summed E-state index contributed by atoms with van der Waals surface area (Å²) in [5.74, 6) is -0.126. The van der Waals surface area contributed by atoms with Gasteiger partial charge in [0, 0.05) is 41.5 Å². The zero-order chi connectivity index (χ0) is 40.3. The first-order valence-electron chi connectivity index (χ1n) is 18.7. The molecule has 4 unspecified atom stereocenters. The van der Waals surface area contributed by atoms with E-state index >= 15 is 0 Å². The van der Waals surface area contributed by atoms with Crippen LogP contribution in [0.5, 0.6) is 0 Å². The van der Waals surface area contributed by atoms with Crippen LogP contribution in [-0.2, 0) is 35.5 Å². The van der Waals surface area contributed by atoms with Gasteiger partial charge in [-0.1, -0.05) is 74.5 Å². The predicted molar refractivity (Wildman–Crippen MR) is 218 cm³/mol. The number of hydrogen-bond donors (Lipinski definition) is 5. The highest BCUT2D eigenvalue weighted by Crippen LogP contribution is 2.20. The number of nitrogens with one attached hydrogen (secondary N) is 5. The van der Waals surface area contributed by atoms with Crippen molar-refractivity contribution in [2.24, 2.45) is 0 Å². The second-order valence-electron chi connectivity index (χ2n) is 13.8. The molecular weight excluding hydrogens is 755 g/mol. The highest BCUT2D eigenvalue weighted by molar-refractivity contribution is 7.09. The van der Waals surface area contributed by atoms with Crippen LogP contribution in [0.4, 0.5) is 9.59 Å². The normalized spacial score (nSPS) is 13.3. The van der Waals surface area contributed by atoms with Crippen molar-refractivity contribution >= 4 is 40.7 Å². The molecule has 0 aliphatic heterocycles. The summed E-state index contributed by atoms with van der Waals surface area (Å²) in [7, 11) is 3.26. The molecule has 0 spiro atoms. The van der Waals surface area contributed by atoms with Crippen molar-refractivity contribution < 1.29 is 24.0 Å². The molecule has 0 aliphatic rings. The third kappa shape index (κ3) is 15.6. The lowest BCUT2D eigenvalue weighted by atomic mass is 9.95. The topological polar surface area (TPSA) is 193 Å². The predicted octanol–water partition coefficient (Wildman–Crippen LogP) is 5.08. The summed E-state index contributed by atoms with van der Waals surface area (Å²) in [5.41, 5.74) is 4.49. The summed E-state index contributed by atoms with van der Waals surface area (Å²) in [6.45, 7) is 4.34. The Labute approximate surface area is 336 Å². The molecule has 56 heavy (non-hydrogen) atoms. The van der Waals surface area contributed by atoms with Crippen molar-refractivity contribution in [1.82, 2.24) is 41.5 Å². The molecule has 302 valence electrons. The largest absolute Gasteiger partial charge is 0.444 e. The lowest BCUT2D eigenvalue weighted by Gasteiger charge is -2.27. The van der Waals surface area contributed by atoms with Crippen molar-refractivity contribution in [2.75, 3.05) is 27.2 Å². The van der Waals surface area contributed by atoms with Crippen molar-refractivity contribution in [3.05, 3.63) is 115 Å². The lowest BCUT2D eigenvalue weighted by molar-refractivity contribution is -0.484. The van der Waals surface area contributed by atoms with Gasteiger partial charge in [0.05, 0.1) is 27.6 Å². The van der Waals surface area contributed by atoms with E-state index in [2.05, 4.69) is 50.4 Å². The van der Waals surface area contributed by atoms with Gasteiger partial charge in [0.2, 0.25) is 12.5 Å². The maximum atomic E-state index is 14.2. The molecule has 0 aliphatic carbocycles. The number of urea groups is 1. The fraction of sp³-hybridized carbons (Fsp3) is 0.462. The number of nitro groups is 1. The number of thiazole rings is 2. The molecular formula is C39H53N9O6S2. The number of amides is 4. The van der Waals surface area contributed by atoms with E-state index in [-0.39, 0.29) is 50.7 Å². The van der Waals surface area contributed by atoms with E-state index in [1.54, 1.807) is 37.1 Å². The van der Waals surface area contributed by atoms with E-state index in [9.17, 15) is 24.5 Å². The molecule has 2 aromatic heterocycles. The number of alkyl carbamates (subject to hydrolysis) is 1. The number of hydrogen-bond acceptors (Lipinski definition) is 12. The van der Waals surface area contributed by atoms with Crippen LogP contribution in [0.2, 0.25) is 0 Å². The van der Waals surface area contributed by atoms with Crippen LogP contribution in [0.25, 0.3) is 0 Å². The average molecular weight is 808 g/mol. The van der Waals surface area contributed by atoms with Crippen molar-refractivity contribution in [1.29, 1.82) is 0 Å². The van der Waals surface area contributed by atoms with Crippen LogP contribution in [0.15, 0.2) is 77.8 Å². The number of carbonyl (C=O) groups excluding carboxylic acids is 3. The SMILES string of the molecule is CNC(C[N+](=O)[O-])NCCC(NC(=O)N(C)Cc1csc(C(C)C)n1)C(=O)NC(CCC(Cc1ccccc1)NC(=O)OCc1cncs1)Cc1ccccc1. The smallest absolute Gasteiger partial charge is 0.407 e. The summed E-state index contributed by atoms with van der Waals surface area (Å²) in [4.78, 5) is 62.4. The molecule has 0 saturated heterocycles. The number of ether oxygens (including phenoxy) is 1. The number of carbonyl (C=O) groups is 3. The van der Waals surface area contributed by atoms with Gasteiger partial charge in [0.1, 0.15) is 18.8 Å². The second kappa shape index (κ2) is 23.2. The third-order valence-corrected chi connectivity index (χ3v) is 10.9. The molecule has 5 N–H and O–H groups in total. The van der Waals surface area contributed by atoms with Crippen molar-refractivity contribution in [2.45, 2.75) is 89.3 Å². The standard InChI is InChI=1S/C39H53N9O6S2/c1-27(2)37-44-32(25-55-37)22-47(4)38(50)46-34(17-18-42-35(40-3)23-48(52)53)36(49)43-30(19-28-11-7-5-8-12-28)15-16-31(20-29-13-9-6-10-14-29)45-39(51)54-24-33-21-41-26-56-33/h5-14,21,25-27,30-31,34-35,40,42H,15-20,22-24H2,1-4H3,(H,43,49)(H,45,51)(H,46,50). The highest BCUT2D eigenvalue weighted by atomic mass is 32.1.